The van der Waals surface area contributed by atoms with Crippen molar-refractivity contribution in [2.75, 3.05) is 20.1 Å². The van der Waals surface area contributed by atoms with Gasteiger partial charge in [0.05, 0.1) is 4.92 Å². The highest BCUT2D eigenvalue weighted by atomic mass is 16.6. The highest BCUT2D eigenvalue weighted by Gasteiger charge is 2.23. The second kappa shape index (κ2) is 6.12. The molecule has 1 aliphatic heterocycles. The smallest absolute Gasteiger partial charge is 0.269 e. The Bertz CT molecular complexity index is 433. The molecule has 0 bridgehead atoms. The number of non-ortho nitro benzene ring substituents is 1. The molecule has 0 aliphatic carbocycles. The van der Waals surface area contributed by atoms with Crippen molar-refractivity contribution in [1.29, 1.82) is 0 Å². The van der Waals surface area contributed by atoms with Crippen LogP contribution in [0.4, 0.5) is 5.69 Å². The molecule has 1 fully saturated rings. The van der Waals surface area contributed by atoms with Gasteiger partial charge < -0.3 is 10.2 Å². The summed E-state index contributed by atoms with van der Waals surface area (Å²) in [5.41, 5.74) is 1.24. The largest absolute Gasteiger partial charge is 0.310 e. The number of nitrogens with zero attached hydrogens (tertiary/aromatic N) is 2. The average Bonchev–Trinajstić information content (AvgIpc) is 2.38. The summed E-state index contributed by atoms with van der Waals surface area (Å²) in [5, 5.41) is 14.1. The third-order valence-corrected chi connectivity index (χ3v) is 3.82. The van der Waals surface area contributed by atoms with E-state index >= 15 is 0 Å². The first-order valence-electron chi connectivity index (χ1n) is 6.71. The summed E-state index contributed by atoms with van der Waals surface area (Å²) < 4.78 is 0. The molecule has 1 aromatic carbocycles. The lowest BCUT2D eigenvalue weighted by Crippen LogP contribution is -2.46. The van der Waals surface area contributed by atoms with Crippen molar-refractivity contribution in [2.45, 2.75) is 25.9 Å². The molecule has 5 heteroatoms. The Morgan fingerprint density at radius 2 is 2.11 bits per heavy atom. The lowest BCUT2D eigenvalue weighted by molar-refractivity contribution is -0.384. The molecule has 1 aromatic rings. The molecule has 2 atom stereocenters. The number of nitro groups is 1. The van der Waals surface area contributed by atoms with E-state index in [1.807, 2.05) is 12.1 Å². The van der Waals surface area contributed by atoms with Gasteiger partial charge in [-0.3, -0.25) is 10.1 Å². The monoisotopic (exact) mass is 263 g/mol. The fourth-order valence-corrected chi connectivity index (χ4v) is 2.64. The van der Waals surface area contributed by atoms with E-state index in [-0.39, 0.29) is 10.6 Å². The van der Waals surface area contributed by atoms with Gasteiger partial charge in [0.2, 0.25) is 0 Å². The number of likely N-dealkylation sites (tertiary alicyclic amines) is 1. The molecule has 2 unspecified atom stereocenters. The van der Waals surface area contributed by atoms with Crippen LogP contribution in [0.1, 0.15) is 18.9 Å². The summed E-state index contributed by atoms with van der Waals surface area (Å²) in [7, 11) is 2.16. The number of rotatable bonds is 4. The number of hydrogen-bond acceptors (Lipinski definition) is 4. The standard InChI is InChI=1S/C14H21N3O2/c1-11-10-16(2)8-7-14(11)15-9-12-3-5-13(6-4-12)17(18)19/h3-6,11,14-15H,7-10H2,1-2H3. The molecular weight excluding hydrogens is 242 g/mol. The number of piperidine rings is 1. The SMILES string of the molecule is CC1CN(C)CCC1NCc1ccc([N+](=O)[O-])cc1. The maximum Gasteiger partial charge on any atom is 0.269 e. The highest BCUT2D eigenvalue weighted by Crippen LogP contribution is 2.17. The second-order valence-corrected chi connectivity index (χ2v) is 5.44. The predicted octanol–water partition coefficient (Wildman–Crippen LogP) is 2.02. The van der Waals surface area contributed by atoms with E-state index in [9.17, 15) is 10.1 Å². The minimum Gasteiger partial charge on any atom is -0.310 e. The van der Waals surface area contributed by atoms with E-state index in [1.54, 1.807) is 12.1 Å². The van der Waals surface area contributed by atoms with Gasteiger partial charge in [-0.05, 0) is 31.5 Å². The molecule has 0 aromatic heterocycles. The molecule has 1 aliphatic rings. The molecule has 1 saturated heterocycles. The van der Waals surface area contributed by atoms with Gasteiger partial charge in [0, 0.05) is 31.3 Å². The summed E-state index contributed by atoms with van der Waals surface area (Å²) in [6.45, 7) is 5.29. The van der Waals surface area contributed by atoms with Gasteiger partial charge >= 0.3 is 0 Å². The maximum atomic E-state index is 10.6. The van der Waals surface area contributed by atoms with Crippen LogP contribution in [0.5, 0.6) is 0 Å². The third-order valence-electron chi connectivity index (χ3n) is 3.82. The van der Waals surface area contributed by atoms with Crippen LogP contribution in [0.15, 0.2) is 24.3 Å². The molecule has 0 spiro atoms. The first-order valence-corrected chi connectivity index (χ1v) is 6.71. The Kier molecular flexibility index (Phi) is 4.50. The summed E-state index contributed by atoms with van der Waals surface area (Å²) in [5.74, 6) is 0.636. The quantitative estimate of drug-likeness (QED) is 0.667. The van der Waals surface area contributed by atoms with Gasteiger partial charge in [-0.15, -0.1) is 0 Å². The molecule has 5 nitrogen and oxygen atoms in total. The second-order valence-electron chi connectivity index (χ2n) is 5.44. The van der Waals surface area contributed by atoms with Crippen LogP contribution in [-0.2, 0) is 6.54 Å². The van der Waals surface area contributed by atoms with Crippen LogP contribution in [0.25, 0.3) is 0 Å². The lowest BCUT2D eigenvalue weighted by atomic mass is 9.94. The molecule has 1 heterocycles. The first-order chi connectivity index (χ1) is 9.06. The van der Waals surface area contributed by atoms with Gasteiger partial charge in [0.15, 0.2) is 0 Å². The van der Waals surface area contributed by atoms with Crippen molar-refractivity contribution < 1.29 is 4.92 Å². The summed E-state index contributed by atoms with van der Waals surface area (Å²) >= 11 is 0. The minimum atomic E-state index is -0.365. The number of nitrogens with one attached hydrogen (secondary N) is 1. The van der Waals surface area contributed by atoms with Crippen LogP contribution in [0.2, 0.25) is 0 Å². The van der Waals surface area contributed by atoms with Crippen LogP contribution in [-0.4, -0.2) is 36.0 Å². The highest BCUT2D eigenvalue weighted by molar-refractivity contribution is 5.32. The van der Waals surface area contributed by atoms with Crippen molar-refractivity contribution >= 4 is 5.69 Å². The summed E-state index contributed by atoms with van der Waals surface area (Å²) in [6.07, 6.45) is 1.16. The van der Waals surface area contributed by atoms with Crippen LogP contribution >= 0.6 is 0 Å². The zero-order valence-corrected chi connectivity index (χ0v) is 11.5. The molecule has 19 heavy (non-hydrogen) atoms. The molecule has 2 rings (SSSR count). The normalized spacial score (nSPS) is 24.3. The van der Waals surface area contributed by atoms with Gasteiger partial charge in [0.25, 0.3) is 5.69 Å². The van der Waals surface area contributed by atoms with E-state index in [2.05, 4.69) is 24.2 Å². The van der Waals surface area contributed by atoms with Crippen molar-refractivity contribution in [2.24, 2.45) is 5.92 Å². The molecular formula is C14H21N3O2. The zero-order chi connectivity index (χ0) is 13.8. The Labute approximate surface area is 113 Å². The van der Waals surface area contributed by atoms with E-state index in [4.69, 9.17) is 0 Å². The topological polar surface area (TPSA) is 58.4 Å². The Morgan fingerprint density at radius 3 is 2.68 bits per heavy atom. The predicted molar refractivity (Wildman–Crippen MR) is 75.0 cm³/mol. The van der Waals surface area contributed by atoms with Crippen molar-refractivity contribution in [3.63, 3.8) is 0 Å². The summed E-state index contributed by atoms with van der Waals surface area (Å²) in [4.78, 5) is 12.6. The number of hydrogen-bond donors (Lipinski definition) is 1. The third kappa shape index (κ3) is 3.75. The van der Waals surface area contributed by atoms with Gasteiger partial charge in [0.1, 0.15) is 0 Å². The fourth-order valence-electron chi connectivity index (χ4n) is 2.64. The Balaban J connectivity index is 1.86. The zero-order valence-electron chi connectivity index (χ0n) is 11.5. The van der Waals surface area contributed by atoms with Gasteiger partial charge in [-0.1, -0.05) is 19.1 Å². The lowest BCUT2D eigenvalue weighted by Gasteiger charge is -2.35. The molecule has 0 radical (unpaired) electrons. The number of benzene rings is 1. The molecule has 0 amide bonds. The Morgan fingerprint density at radius 1 is 1.42 bits per heavy atom. The molecule has 104 valence electrons. The van der Waals surface area contributed by atoms with Gasteiger partial charge in [-0.25, -0.2) is 0 Å². The van der Waals surface area contributed by atoms with Gasteiger partial charge in [-0.2, -0.15) is 0 Å². The minimum absolute atomic E-state index is 0.149. The van der Waals surface area contributed by atoms with E-state index in [0.717, 1.165) is 31.6 Å². The fraction of sp³-hybridized carbons (Fsp3) is 0.571. The summed E-state index contributed by atoms with van der Waals surface area (Å²) in [6, 6.07) is 7.31. The van der Waals surface area contributed by atoms with E-state index in [1.165, 1.54) is 0 Å². The van der Waals surface area contributed by atoms with Crippen LogP contribution in [0.3, 0.4) is 0 Å². The number of nitro benzene ring substituents is 1. The Hall–Kier alpha value is -1.46. The van der Waals surface area contributed by atoms with E-state index < -0.39 is 0 Å². The maximum absolute atomic E-state index is 10.6. The van der Waals surface area contributed by atoms with E-state index in [0.29, 0.717) is 12.0 Å². The van der Waals surface area contributed by atoms with Crippen molar-refractivity contribution in [3.05, 3.63) is 39.9 Å². The molecule has 0 saturated carbocycles. The van der Waals surface area contributed by atoms with Crippen molar-refractivity contribution in [1.82, 2.24) is 10.2 Å². The van der Waals surface area contributed by atoms with Crippen LogP contribution in [0, 0.1) is 16.0 Å². The first kappa shape index (κ1) is 14.0. The molecule has 1 N–H and O–H groups in total. The van der Waals surface area contributed by atoms with Crippen molar-refractivity contribution in [3.8, 4) is 0 Å². The van der Waals surface area contributed by atoms with Crippen LogP contribution < -0.4 is 5.32 Å². The average molecular weight is 263 g/mol.